The Labute approximate surface area is 223 Å². The SMILES string of the molecule is COC(=O)CCCOc1cc2c(cc1OC)C(=O)N1CCCC1C(O)N2C(=O)OCc1ccc([N+](=O)[O-])cc1. The number of aliphatic hydroxyl groups is 1. The van der Waals surface area contributed by atoms with Crippen molar-refractivity contribution in [2.75, 3.05) is 32.3 Å². The molecule has 1 saturated heterocycles. The monoisotopic (exact) mass is 543 g/mol. The quantitative estimate of drug-likeness (QED) is 0.216. The fourth-order valence-electron chi connectivity index (χ4n) is 4.65. The molecule has 0 spiro atoms. The van der Waals surface area contributed by atoms with Gasteiger partial charge in [0.05, 0.1) is 43.0 Å². The van der Waals surface area contributed by atoms with Gasteiger partial charge in [-0.05, 0) is 43.0 Å². The standard InChI is InChI=1S/C26H29N3O10/c1-36-21-13-18-20(14-22(21)38-12-4-6-23(30)37-2)28(25(32)19-5-3-11-27(19)24(18)31)26(33)39-15-16-7-9-17(10-8-16)29(34)35/h7-10,13-14,19,25,32H,3-6,11-12,15H2,1-2H3. The third-order valence-electron chi connectivity index (χ3n) is 6.66. The molecule has 2 aliphatic rings. The largest absolute Gasteiger partial charge is 0.493 e. The van der Waals surface area contributed by atoms with Crippen LogP contribution in [0.3, 0.4) is 0 Å². The molecule has 0 aromatic heterocycles. The van der Waals surface area contributed by atoms with Crippen LogP contribution in [0.4, 0.5) is 16.2 Å². The molecule has 2 aliphatic heterocycles. The summed E-state index contributed by atoms with van der Waals surface area (Å²) in [4.78, 5) is 51.2. The number of nitro benzene ring substituents is 1. The van der Waals surface area contributed by atoms with Gasteiger partial charge in [-0.2, -0.15) is 0 Å². The van der Waals surface area contributed by atoms with E-state index in [9.17, 15) is 29.6 Å². The zero-order valence-corrected chi connectivity index (χ0v) is 21.5. The first-order valence-corrected chi connectivity index (χ1v) is 12.3. The van der Waals surface area contributed by atoms with Crippen LogP contribution in [0.15, 0.2) is 36.4 Å². The maximum absolute atomic E-state index is 13.5. The molecular formula is C26H29N3O10. The summed E-state index contributed by atoms with van der Waals surface area (Å²) < 4.78 is 21.3. The zero-order chi connectivity index (χ0) is 28.1. The Morgan fingerprint density at radius 1 is 1.15 bits per heavy atom. The summed E-state index contributed by atoms with van der Waals surface area (Å²) in [5.74, 6) is -0.306. The number of methoxy groups -OCH3 is 2. The number of hydrogen-bond acceptors (Lipinski definition) is 10. The maximum Gasteiger partial charge on any atom is 0.416 e. The molecule has 4 rings (SSSR count). The van der Waals surface area contributed by atoms with Gasteiger partial charge in [-0.1, -0.05) is 0 Å². The molecule has 2 heterocycles. The van der Waals surface area contributed by atoms with Crippen LogP contribution < -0.4 is 14.4 Å². The van der Waals surface area contributed by atoms with E-state index in [1.165, 1.54) is 55.5 Å². The summed E-state index contributed by atoms with van der Waals surface area (Å²) in [6.07, 6.45) is -0.675. The highest BCUT2D eigenvalue weighted by Gasteiger charge is 2.45. The molecule has 2 aromatic carbocycles. The van der Waals surface area contributed by atoms with Gasteiger partial charge in [-0.25, -0.2) is 9.69 Å². The van der Waals surface area contributed by atoms with E-state index in [-0.39, 0.29) is 59.9 Å². The molecule has 0 radical (unpaired) electrons. The molecule has 1 fully saturated rings. The number of benzene rings is 2. The van der Waals surface area contributed by atoms with Crippen LogP contribution in [0.1, 0.15) is 41.6 Å². The second-order valence-electron chi connectivity index (χ2n) is 9.02. The van der Waals surface area contributed by atoms with E-state index >= 15 is 0 Å². The van der Waals surface area contributed by atoms with Gasteiger partial charge in [-0.3, -0.25) is 19.7 Å². The molecule has 2 atom stereocenters. The highest BCUT2D eigenvalue weighted by molar-refractivity contribution is 6.06. The molecule has 0 saturated carbocycles. The van der Waals surface area contributed by atoms with Crippen molar-refractivity contribution < 1.29 is 43.4 Å². The maximum atomic E-state index is 13.5. The topological polar surface area (TPSA) is 158 Å². The highest BCUT2D eigenvalue weighted by atomic mass is 16.6. The molecule has 13 nitrogen and oxygen atoms in total. The number of non-ortho nitro benzene ring substituents is 1. The first-order chi connectivity index (χ1) is 18.7. The second kappa shape index (κ2) is 12.0. The third-order valence-corrected chi connectivity index (χ3v) is 6.66. The molecule has 0 aliphatic carbocycles. The first-order valence-electron chi connectivity index (χ1n) is 12.3. The Hall–Kier alpha value is -4.39. The summed E-state index contributed by atoms with van der Waals surface area (Å²) >= 11 is 0. The number of ether oxygens (including phenoxy) is 4. The van der Waals surface area contributed by atoms with E-state index in [1.807, 2.05) is 0 Å². The Kier molecular flexibility index (Phi) is 8.49. The van der Waals surface area contributed by atoms with Crippen molar-refractivity contribution in [3.63, 3.8) is 0 Å². The molecule has 208 valence electrons. The number of carbonyl (C=O) groups is 3. The van der Waals surface area contributed by atoms with E-state index in [0.717, 1.165) is 4.90 Å². The van der Waals surface area contributed by atoms with Crippen LogP contribution in [-0.4, -0.2) is 72.5 Å². The lowest BCUT2D eigenvalue weighted by Crippen LogP contribution is -2.50. The normalized spacial score (nSPS) is 18.1. The Morgan fingerprint density at radius 2 is 1.90 bits per heavy atom. The van der Waals surface area contributed by atoms with E-state index in [1.54, 1.807) is 0 Å². The third kappa shape index (κ3) is 5.87. The van der Waals surface area contributed by atoms with Crippen molar-refractivity contribution in [1.82, 2.24) is 4.90 Å². The van der Waals surface area contributed by atoms with Gasteiger partial charge in [0.1, 0.15) is 6.61 Å². The Morgan fingerprint density at radius 3 is 2.56 bits per heavy atom. The van der Waals surface area contributed by atoms with Crippen molar-refractivity contribution in [1.29, 1.82) is 0 Å². The number of fused-ring (bicyclic) bond motifs is 2. The van der Waals surface area contributed by atoms with Gasteiger partial charge < -0.3 is 29.0 Å². The van der Waals surface area contributed by atoms with Crippen LogP contribution in [0.25, 0.3) is 0 Å². The molecule has 39 heavy (non-hydrogen) atoms. The number of nitrogens with zero attached hydrogens (tertiary/aromatic N) is 3. The van der Waals surface area contributed by atoms with Gasteiger partial charge in [0.25, 0.3) is 11.6 Å². The number of hydrogen-bond donors (Lipinski definition) is 1. The average Bonchev–Trinajstić information content (AvgIpc) is 3.41. The minimum Gasteiger partial charge on any atom is -0.493 e. The number of nitro groups is 1. The van der Waals surface area contributed by atoms with E-state index in [2.05, 4.69) is 4.74 Å². The van der Waals surface area contributed by atoms with Crippen molar-refractivity contribution in [3.8, 4) is 11.5 Å². The van der Waals surface area contributed by atoms with E-state index < -0.39 is 23.3 Å². The van der Waals surface area contributed by atoms with Crippen LogP contribution in [-0.2, 0) is 20.9 Å². The number of aliphatic hydroxyl groups excluding tert-OH is 1. The number of anilines is 1. The zero-order valence-electron chi connectivity index (χ0n) is 21.5. The molecule has 2 amide bonds. The fraction of sp³-hybridized carbons (Fsp3) is 0.423. The van der Waals surface area contributed by atoms with Crippen LogP contribution in [0.2, 0.25) is 0 Å². The van der Waals surface area contributed by atoms with Crippen LogP contribution >= 0.6 is 0 Å². The predicted octanol–water partition coefficient (Wildman–Crippen LogP) is 3.02. The fourth-order valence-corrected chi connectivity index (χ4v) is 4.65. The number of rotatable bonds is 9. The summed E-state index contributed by atoms with van der Waals surface area (Å²) in [7, 11) is 2.70. The van der Waals surface area contributed by atoms with Crippen molar-refractivity contribution in [2.45, 2.75) is 44.6 Å². The summed E-state index contributed by atoms with van der Waals surface area (Å²) in [6, 6.07) is 7.76. The lowest BCUT2D eigenvalue weighted by molar-refractivity contribution is -0.384. The first kappa shape index (κ1) is 27.6. The molecular weight excluding hydrogens is 514 g/mol. The van der Waals surface area contributed by atoms with E-state index in [0.29, 0.717) is 31.4 Å². The number of amides is 2. The van der Waals surface area contributed by atoms with Crippen molar-refractivity contribution in [3.05, 3.63) is 57.6 Å². The molecule has 1 N–H and O–H groups in total. The van der Waals surface area contributed by atoms with Crippen molar-refractivity contribution >= 4 is 29.3 Å². The second-order valence-corrected chi connectivity index (χ2v) is 9.02. The minimum absolute atomic E-state index is 0.0827. The average molecular weight is 544 g/mol. The smallest absolute Gasteiger partial charge is 0.416 e. The number of esters is 1. The molecule has 13 heteroatoms. The van der Waals surface area contributed by atoms with Gasteiger partial charge in [0.15, 0.2) is 17.7 Å². The van der Waals surface area contributed by atoms with E-state index in [4.69, 9.17) is 14.2 Å². The minimum atomic E-state index is -1.40. The lowest BCUT2D eigenvalue weighted by Gasteiger charge is -2.31. The summed E-state index contributed by atoms with van der Waals surface area (Å²) in [5, 5.41) is 22.2. The highest BCUT2D eigenvalue weighted by Crippen LogP contribution is 2.41. The summed E-state index contributed by atoms with van der Waals surface area (Å²) in [6.45, 7) is 0.324. The van der Waals surface area contributed by atoms with Gasteiger partial charge in [0.2, 0.25) is 0 Å². The van der Waals surface area contributed by atoms with Crippen LogP contribution in [0, 0.1) is 10.1 Å². The van der Waals surface area contributed by atoms with Gasteiger partial charge in [-0.15, -0.1) is 0 Å². The lowest BCUT2D eigenvalue weighted by atomic mass is 10.1. The molecule has 2 aromatic rings. The van der Waals surface area contributed by atoms with Crippen molar-refractivity contribution in [2.24, 2.45) is 0 Å². The molecule has 2 unspecified atom stereocenters. The number of carbonyl (C=O) groups excluding carboxylic acids is 3. The Bertz CT molecular complexity index is 1250. The Balaban J connectivity index is 1.63. The summed E-state index contributed by atoms with van der Waals surface area (Å²) in [5.41, 5.74) is 0.611. The van der Waals surface area contributed by atoms with Crippen LogP contribution in [0.5, 0.6) is 11.5 Å². The van der Waals surface area contributed by atoms with Gasteiger partial charge in [0, 0.05) is 31.2 Å². The molecule has 0 bridgehead atoms. The van der Waals surface area contributed by atoms with Gasteiger partial charge >= 0.3 is 12.1 Å². The predicted molar refractivity (Wildman–Crippen MR) is 136 cm³/mol.